The topological polar surface area (TPSA) is 76.8 Å². The van der Waals surface area contributed by atoms with Gasteiger partial charge in [-0.25, -0.2) is 4.98 Å². The second kappa shape index (κ2) is 6.39. The van der Waals surface area contributed by atoms with E-state index in [0.29, 0.717) is 6.54 Å². The summed E-state index contributed by atoms with van der Waals surface area (Å²) in [6.45, 7) is 3.17. The molecule has 1 amide bonds. The van der Waals surface area contributed by atoms with Gasteiger partial charge in [-0.2, -0.15) is 5.10 Å². The Labute approximate surface area is 141 Å². The molecule has 0 aliphatic carbocycles. The van der Waals surface area contributed by atoms with E-state index in [9.17, 15) is 4.79 Å². The summed E-state index contributed by atoms with van der Waals surface area (Å²) in [6, 6.07) is 1.88. The molecule has 1 fully saturated rings. The van der Waals surface area contributed by atoms with Crippen molar-refractivity contribution in [2.45, 2.75) is 50.7 Å². The fraction of sp³-hybridized carbons (Fsp3) is 0.588. The number of carbonyl (C=O) groups is 1. The molecule has 4 rings (SSSR count). The molecule has 2 aliphatic rings. The van der Waals surface area contributed by atoms with Crippen LogP contribution in [0, 0.1) is 0 Å². The van der Waals surface area contributed by atoms with E-state index in [1.165, 1.54) is 12.8 Å². The number of rotatable bonds is 4. The van der Waals surface area contributed by atoms with Crippen LogP contribution in [0.25, 0.3) is 0 Å². The second-order valence-electron chi connectivity index (χ2n) is 6.71. The minimum Gasteiger partial charge on any atom is -0.348 e. The number of hydrogen-bond acceptors (Lipinski definition) is 4. The predicted octanol–water partition coefficient (Wildman–Crippen LogP) is 0.811. The second-order valence-corrected chi connectivity index (χ2v) is 6.71. The molecule has 128 valence electrons. The van der Waals surface area contributed by atoms with Crippen molar-refractivity contribution in [2.24, 2.45) is 0 Å². The van der Waals surface area contributed by atoms with E-state index < -0.39 is 5.54 Å². The number of aromatic nitrogens is 4. The fourth-order valence-corrected chi connectivity index (χ4v) is 3.81. The Morgan fingerprint density at radius 3 is 2.96 bits per heavy atom. The Morgan fingerprint density at radius 2 is 2.21 bits per heavy atom. The van der Waals surface area contributed by atoms with Gasteiger partial charge in [0.05, 0.1) is 12.2 Å². The van der Waals surface area contributed by atoms with Crippen LogP contribution in [0.5, 0.6) is 0 Å². The van der Waals surface area contributed by atoms with Gasteiger partial charge in [-0.3, -0.25) is 9.48 Å². The van der Waals surface area contributed by atoms with Gasteiger partial charge in [0.1, 0.15) is 11.4 Å². The molecule has 0 spiro atoms. The van der Waals surface area contributed by atoms with Gasteiger partial charge in [0.25, 0.3) is 0 Å². The van der Waals surface area contributed by atoms with Crippen molar-refractivity contribution in [3.8, 4) is 0 Å². The highest BCUT2D eigenvalue weighted by Gasteiger charge is 2.41. The molecular formula is C17H24N6O. The molecule has 7 nitrogen and oxygen atoms in total. The summed E-state index contributed by atoms with van der Waals surface area (Å²) < 4.78 is 4.04. The number of nitrogens with zero attached hydrogens (tertiary/aromatic N) is 4. The molecule has 24 heavy (non-hydrogen) atoms. The Balaban J connectivity index is 1.48. The van der Waals surface area contributed by atoms with Crippen LogP contribution >= 0.6 is 0 Å². The zero-order valence-electron chi connectivity index (χ0n) is 13.9. The summed E-state index contributed by atoms with van der Waals surface area (Å²) in [4.78, 5) is 17.7. The zero-order chi connectivity index (χ0) is 16.4. The first-order valence-electron chi connectivity index (χ1n) is 8.82. The van der Waals surface area contributed by atoms with Gasteiger partial charge in [0.2, 0.25) is 5.91 Å². The highest BCUT2D eigenvalue weighted by molar-refractivity contribution is 5.84. The number of nitrogens with one attached hydrogen (secondary N) is 2. The monoisotopic (exact) mass is 328 g/mol. The lowest BCUT2D eigenvalue weighted by Gasteiger charge is -2.36. The highest BCUT2D eigenvalue weighted by Crippen LogP contribution is 2.27. The minimum absolute atomic E-state index is 0.0404. The first kappa shape index (κ1) is 15.4. The normalized spacial score (nSPS) is 19.7. The third-order valence-corrected chi connectivity index (χ3v) is 5.18. The van der Waals surface area contributed by atoms with Gasteiger partial charge < -0.3 is 15.2 Å². The lowest BCUT2D eigenvalue weighted by Crippen LogP contribution is -2.54. The highest BCUT2D eigenvalue weighted by atomic mass is 16.2. The number of aryl methyl sites for hydroxylation is 2. The van der Waals surface area contributed by atoms with Crippen molar-refractivity contribution >= 4 is 5.91 Å². The summed E-state index contributed by atoms with van der Waals surface area (Å²) in [5.74, 6) is 1.19. The number of carbonyl (C=O) groups excluding carboxylic acids is 1. The van der Waals surface area contributed by atoms with Gasteiger partial charge in [-0.15, -0.1) is 0 Å². The van der Waals surface area contributed by atoms with Gasteiger partial charge >= 0.3 is 0 Å². The standard InChI is InChI=1S/C17H24N6O/c24-16(17(5-8-18-9-6-17)23-11-3-7-20-23)19-12-14-13-22-10-2-1-4-15(22)21-14/h3,7,11,13,18H,1-2,4-6,8-10,12H2,(H,19,24). The van der Waals surface area contributed by atoms with E-state index >= 15 is 0 Å². The van der Waals surface area contributed by atoms with Crippen molar-refractivity contribution < 1.29 is 4.79 Å². The van der Waals surface area contributed by atoms with Crippen LogP contribution in [0.4, 0.5) is 0 Å². The maximum absolute atomic E-state index is 13.0. The van der Waals surface area contributed by atoms with Gasteiger partial charge in [0.15, 0.2) is 0 Å². The van der Waals surface area contributed by atoms with Gasteiger partial charge in [-0.1, -0.05) is 0 Å². The molecule has 2 aromatic heterocycles. The molecule has 0 aromatic carbocycles. The summed E-state index contributed by atoms with van der Waals surface area (Å²) in [5, 5.41) is 10.8. The molecule has 0 saturated carbocycles. The first-order valence-corrected chi connectivity index (χ1v) is 8.82. The maximum Gasteiger partial charge on any atom is 0.248 e. The summed E-state index contributed by atoms with van der Waals surface area (Å²) in [6.07, 6.45) is 10.7. The number of imidazole rings is 1. The van der Waals surface area contributed by atoms with Crippen LogP contribution < -0.4 is 10.6 Å². The molecule has 0 radical (unpaired) electrons. The lowest BCUT2D eigenvalue weighted by molar-refractivity contribution is -0.132. The molecule has 2 aliphatic heterocycles. The van der Waals surface area contributed by atoms with Crippen molar-refractivity contribution in [2.75, 3.05) is 13.1 Å². The number of amides is 1. The Morgan fingerprint density at radius 1 is 1.33 bits per heavy atom. The lowest BCUT2D eigenvalue weighted by atomic mass is 9.87. The SMILES string of the molecule is O=C(NCc1cn2c(n1)CCCC2)C1(n2cccn2)CCNCC1. The van der Waals surface area contributed by atoms with E-state index in [-0.39, 0.29) is 5.91 Å². The van der Waals surface area contributed by atoms with Crippen molar-refractivity contribution in [3.63, 3.8) is 0 Å². The number of hydrogen-bond donors (Lipinski definition) is 2. The third kappa shape index (κ3) is 2.73. The first-order chi connectivity index (χ1) is 11.8. The zero-order valence-corrected chi connectivity index (χ0v) is 13.9. The summed E-state index contributed by atoms with van der Waals surface area (Å²) >= 11 is 0. The molecule has 2 N–H and O–H groups in total. The van der Waals surface area contributed by atoms with E-state index in [1.807, 2.05) is 16.9 Å². The average molecular weight is 328 g/mol. The van der Waals surface area contributed by atoms with Gasteiger partial charge in [0, 0.05) is 31.6 Å². The van der Waals surface area contributed by atoms with Crippen LogP contribution in [0.2, 0.25) is 0 Å². The van der Waals surface area contributed by atoms with E-state index in [1.54, 1.807) is 6.20 Å². The van der Waals surface area contributed by atoms with Crippen LogP contribution in [0.3, 0.4) is 0 Å². The third-order valence-electron chi connectivity index (χ3n) is 5.18. The smallest absolute Gasteiger partial charge is 0.248 e. The number of piperidine rings is 1. The quantitative estimate of drug-likeness (QED) is 0.871. The Hall–Kier alpha value is -2.15. The van der Waals surface area contributed by atoms with E-state index in [2.05, 4.69) is 31.5 Å². The molecular weight excluding hydrogens is 304 g/mol. The molecule has 0 bridgehead atoms. The maximum atomic E-state index is 13.0. The fourth-order valence-electron chi connectivity index (χ4n) is 3.81. The molecule has 4 heterocycles. The molecule has 1 saturated heterocycles. The summed E-state index contributed by atoms with van der Waals surface area (Å²) in [5.41, 5.74) is 0.360. The van der Waals surface area contributed by atoms with Crippen LogP contribution in [-0.4, -0.2) is 38.3 Å². The van der Waals surface area contributed by atoms with Crippen LogP contribution in [0.1, 0.15) is 37.2 Å². The van der Waals surface area contributed by atoms with Crippen LogP contribution in [0.15, 0.2) is 24.7 Å². The number of fused-ring (bicyclic) bond motifs is 1. The molecule has 0 unspecified atom stereocenters. The van der Waals surface area contributed by atoms with E-state index in [4.69, 9.17) is 0 Å². The summed E-state index contributed by atoms with van der Waals surface area (Å²) in [7, 11) is 0. The van der Waals surface area contributed by atoms with Crippen molar-refractivity contribution in [1.29, 1.82) is 0 Å². The van der Waals surface area contributed by atoms with Gasteiger partial charge in [-0.05, 0) is 44.8 Å². The van der Waals surface area contributed by atoms with Crippen LogP contribution in [-0.2, 0) is 29.8 Å². The molecule has 0 atom stereocenters. The largest absolute Gasteiger partial charge is 0.348 e. The average Bonchev–Trinajstić information content (AvgIpc) is 3.29. The van der Waals surface area contributed by atoms with E-state index in [0.717, 1.165) is 50.4 Å². The Bertz CT molecular complexity index is 675. The van der Waals surface area contributed by atoms with Crippen molar-refractivity contribution in [1.82, 2.24) is 30.0 Å². The minimum atomic E-state index is -0.589. The molecule has 2 aromatic rings. The predicted molar refractivity (Wildman–Crippen MR) is 89.3 cm³/mol. The van der Waals surface area contributed by atoms with Crippen molar-refractivity contribution in [3.05, 3.63) is 36.2 Å². The Kier molecular flexibility index (Phi) is 4.10. The molecule has 7 heteroatoms.